The van der Waals surface area contributed by atoms with Crippen molar-refractivity contribution in [3.05, 3.63) is 59.7 Å². The molecule has 0 radical (unpaired) electrons. The first-order chi connectivity index (χ1) is 15.8. The molecule has 2 saturated heterocycles. The maximum absolute atomic E-state index is 12.8. The van der Waals surface area contributed by atoms with E-state index in [1.165, 1.54) is 6.07 Å². The Hall–Kier alpha value is -2.74. The number of halogens is 3. The number of ether oxygens (including phenoxy) is 2. The number of anilines is 1. The molecule has 1 spiro atoms. The first-order valence-corrected chi connectivity index (χ1v) is 11.5. The average molecular weight is 460 g/mol. The summed E-state index contributed by atoms with van der Waals surface area (Å²) in [6, 6.07) is 14.6. The lowest BCUT2D eigenvalue weighted by Gasteiger charge is -2.37. The van der Waals surface area contributed by atoms with Gasteiger partial charge in [-0.1, -0.05) is 36.8 Å². The minimum atomic E-state index is -4.69. The predicted molar refractivity (Wildman–Crippen MR) is 117 cm³/mol. The monoisotopic (exact) mass is 460 g/mol. The van der Waals surface area contributed by atoms with E-state index in [4.69, 9.17) is 4.74 Å². The SMILES string of the molecule is O=C1OC2(CCN(Cc3ccc(OC(F)(F)F)c(C4CCC4)c3)CC2)CN1c1ccccc1. The first-order valence-electron chi connectivity index (χ1n) is 11.5. The van der Waals surface area contributed by atoms with Gasteiger partial charge in [-0.25, -0.2) is 4.79 Å². The molecule has 0 atom stereocenters. The van der Waals surface area contributed by atoms with Crippen molar-refractivity contribution in [2.24, 2.45) is 0 Å². The second-order valence-electron chi connectivity index (χ2n) is 9.30. The Bertz CT molecular complexity index is 1000. The fourth-order valence-corrected chi connectivity index (χ4v) is 5.02. The number of carbonyl (C=O) groups excluding carboxylic acids is 1. The van der Waals surface area contributed by atoms with E-state index in [9.17, 15) is 18.0 Å². The Morgan fingerprint density at radius 3 is 2.42 bits per heavy atom. The molecule has 0 aromatic heterocycles. The molecule has 1 aliphatic carbocycles. The van der Waals surface area contributed by atoms with Crippen LogP contribution in [0.2, 0.25) is 0 Å². The molecular formula is C25H27F3N2O3. The number of rotatable bonds is 5. The highest BCUT2D eigenvalue weighted by atomic mass is 19.4. The number of alkyl halides is 3. The van der Waals surface area contributed by atoms with E-state index in [2.05, 4.69) is 9.64 Å². The van der Waals surface area contributed by atoms with E-state index >= 15 is 0 Å². The predicted octanol–water partition coefficient (Wildman–Crippen LogP) is 5.84. The summed E-state index contributed by atoms with van der Waals surface area (Å²) in [6.45, 7) is 2.71. The standard InChI is InChI=1S/C25H27F3N2O3/c26-25(27,28)32-22-10-9-18(15-21(22)19-5-4-6-19)16-29-13-11-24(12-14-29)17-30(23(31)33-24)20-7-2-1-3-8-20/h1-3,7-10,15,19H,4-6,11-14,16-17H2. The third kappa shape index (κ3) is 4.81. The van der Waals surface area contributed by atoms with Gasteiger partial charge in [0.15, 0.2) is 0 Å². The van der Waals surface area contributed by atoms with E-state index in [0.29, 0.717) is 18.7 Å². The quantitative estimate of drug-likeness (QED) is 0.562. The topological polar surface area (TPSA) is 42.0 Å². The Kier molecular flexibility index (Phi) is 5.72. The summed E-state index contributed by atoms with van der Waals surface area (Å²) in [7, 11) is 0. The lowest BCUT2D eigenvalue weighted by atomic mass is 9.79. The molecule has 33 heavy (non-hydrogen) atoms. The van der Waals surface area contributed by atoms with E-state index in [1.807, 2.05) is 36.4 Å². The average Bonchev–Trinajstić information content (AvgIpc) is 3.06. The molecule has 0 bridgehead atoms. The van der Waals surface area contributed by atoms with E-state index in [0.717, 1.165) is 56.4 Å². The van der Waals surface area contributed by atoms with Gasteiger partial charge in [0, 0.05) is 38.2 Å². The van der Waals surface area contributed by atoms with Crippen molar-refractivity contribution < 1.29 is 27.4 Å². The highest BCUT2D eigenvalue weighted by Gasteiger charge is 2.47. The van der Waals surface area contributed by atoms with Crippen LogP contribution in [0, 0.1) is 0 Å². The molecule has 1 saturated carbocycles. The summed E-state index contributed by atoms with van der Waals surface area (Å²) in [4.78, 5) is 16.5. The van der Waals surface area contributed by atoms with Crippen molar-refractivity contribution >= 4 is 11.8 Å². The third-order valence-corrected chi connectivity index (χ3v) is 7.06. The first kappa shape index (κ1) is 22.1. The second-order valence-corrected chi connectivity index (χ2v) is 9.30. The van der Waals surface area contributed by atoms with E-state index in [-0.39, 0.29) is 17.8 Å². The molecule has 1 amide bonds. The van der Waals surface area contributed by atoms with Crippen LogP contribution in [0.3, 0.4) is 0 Å². The van der Waals surface area contributed by atoms with Crippen molar-refractivity contribution in [1.82, 2.24) is 4.90 Å². The van der Waals surface area contributed by atoms with Crippen molar-refractivity contribution in [3.8, 4) is 5.75 Å². The number of amides is 1. The number of para-hydroxylation sites is 1. The Labute approximate surface area is 191 Å². The number of hydrogen-bond acceptors (Lipinski definition) is 4. The molecule has 176 valence electrons. The molecule has 8 heteroatoms. The summed E-state index contributed by atoms with van der Waals surface area (Å²) in [5.41, 5.74) is 2.00. The smallest absolute Gasteiger partial charge is 0.441 e. The summed E-state index contributed by atoms with van der Waals surface area (Å²) in [5, 5.41) is 0. The normalized spacial score (nSPS) is 21.2. The highest BCUT2D eigenvalue weighted by molar-refractivity contribution is 5.90. The van der Waals surface area contributed by atoms with Crippen molar-refractivity contribution in [2.75, 3.05) is 24.5 Å². The third-order valence-electron chi connectivity index (χ3n) is 7.06. The molecule has 3 fully saturated rings. The summed E-state index contributed by atoms with van der Waals surface area (Å²) in [5.74, 6) is 0.0567. The molecule has 2 aromatic carbocycles. The zero-order valence-electron chi connectivity index (χ0n) is 18.3. The molecular weight excluding hydrogens is 433 g/mol. The zero-order valence-corrected chi connectivity index (χ0v) is 18.3. The lowest BCUT2D eigenvalue weighted by Crippen LogP contribution is -2.46. The fourth-order valence-electron chi connectivity index (χ4n) is 5.02. The molecule has 2 aromatic rings. The van der Waals surface area contributed by atoms with Crippen LogP contribution in [0.5, 0.6) is 5.75 Å². The molecule has 2 aliphatic heterocycles. The zero-order chi connectivity index (χ0) is 23.1. The minimum Gasteiger partial charge on any atom is -0.441 e. The van der Waals surface area contributed by atoms with Crippen LogP contribution >= 0.6 is 0 Å². The summed E-state index contributed by atoms with van der Waals surface area (Å²) >= 11 is 0. The van der Waals surface area contributed by atoms with Crippen LogP contribution < -0.4 is 9.64 Å². The van der Waals surface area contributed by atoms with Crippen molar-refractivity contribution in [3.63, 3.8) is 0 Å². The van der Waals surface area contributed by atoms with Gasteiger partial charge in [0.1, 0.15) is 11.4 Å². The maximum Gasteiger partial charge on any atom is 0.573 e. The van der Waals surface area contributed by atoms with Gasteiger partial charge in [-0.15, -0.1) is 13.2 Å². The van der Waals surface area contributed by atoms with Gasteiger partial charge < -0.3 is 9.47 Å². The summed E-state index contributed by atoms with van der Waals surface area (Å²) in [6.07, 6.45) is -0.707. The number of likely N-dealkylation sites (tertiary alicyclic amines) is 1. The highest BCUT2D eigenvalue weighted by Crippen LogP contribution is 2.43. The second kappa shape index (κ2) is 8.56. The van der Waals surface area contributed by atoms with Gasteiger partial charge in [0.2, 0.25) is 0 Å². The fraction of sp³-hybridized carbons (Fsp3) is 0.480. The van der Waals surface area contributed by atoms with E-state index in [1.54, 1.807) is 11.0 Å². The van der Waals surface area contributed by atoms with E-state index < -0.39 is 12.0 Å². The van der Waals surface area contributed by atoms with Crippen LogP contribution in [0.1, 0.15) is 49.1 Å². The Balaban J connectivity index is 1.23. The Morgan fingerprint density at radius 2 is 1.79 bits per heavy atom. The molecule has 0 unspecified atom stereocenters. The van der Waals surface area contributed by atoms with Crippen LogP contribution in [0.4, 0.5) is 23.7 Å². The van der Waals surface area contributed by atoms with Crippen LogP contribution in [0.25, 0.3) is 0 Å². The summed E-state index contributed by atoms with van der Waals surface area (Å²) < 4.78 is 48.6. The van der Waals surface area contributed by atoms with Gasteiger partial charge in [-0.2, -0.15) is 0 Å². The lowest BCUT2D eigenvalue weighted by molar-refractivity contribution is -0.275. The molecule has 2 heterocycles. The molecule has 0 N–H and O–H groups in total. The van der Waals surface area contributed by atoms with Gasteiger partial charge in [-0.3, -0.25) is 9.80 Å². The number of benzene rings is 2. The van der Waals surface area contributed by atoms with Gasteiger partial charge >= 0.3 is 12.5 Å². The molecule has 5 rings (SSSR count). The van der Waals surface area contributed by atoms with Gasteiger partial charge in [-0.05, 0) is 48.1 Å². The number of hydrogen-bond donors (Lipinski definition) is 0. The van der Waals surface area contributed by atoms with Gasteiger partial charge in [0.25, 0.3) is 0 Å². The van der Waals surface area contributed by atoms with Gasteiger partial charge in [0.05, 0.1) is 6.54 Å². The minimum absolute atomic E-state index is 0.0765. The van der Waals surface area contributed by atoms with Crippen LogP contribution in [0.15, 0.2) is 48.5 Å². The van der Waals surface area contributed by atoms with Crippen LogP contribution in [-0.4, -0.2) is 42.6 Å². The number of nitrogens with zero attached hydrogens (tertiary/aromatic N) is 2. The van der Waals surface area contributed by atoms with Crippen LogP contribution in [-0.2, 0) is 11.3 Å². The van der Waals surface area contributed by atoms with Crippen molar-refractivity contribution in [2.45, 2.75) is 56.5 Å². The maximum atomic E-state index is 12.8. The number of piperidine rings is 1. The molecule has 3 aliphatic rings. The number of carbonyl (C=O) groups is 1. The Morgan fingerprint density at radius 1 is 1.06 bits per heavy atom. The van der Waals surface area contributed by atoms with Crippen molar-refractivity contribution in [1.29, 1.82) is 0 Å². The molecule has 5 nitrogen and oxygen atoms in total. The largest absolute Gasteiger partial charge is 0.573 e.